The van der Waals surface area contributed by atoms with Crippen LogP contribution < -0.4 is 5.32 Å². The molecule has 1 aromatic carbocycles. The number of nitrogens with zero attached hydrogens (tertiary/aromatic N) is 1. The van der Waals surface area contributed by atoms with Crippen molar-refractivity contribution in [3.63, 3.8) is 0 Å². The van der Waals surface area contributed by atoms with Gasteiger partial charge in [0.15, 0.2) is 0 Å². The smallest absolute Gasteiger partial charge is 0.306 e. The van der Waals surface area contributed by atoms with Crippen LogP contribution in [-0.2, 0) is 4.79 Å². The molecule has 1 aliphatic heterocycles. The second-order valence-electron chi connectivity index (χ2n) is 5.32. The Morgan fingerprint density at radius 1 is 1.26 bits per heavy atom. The summed E-state index contributed by atoms with van der Waals surface area (Å²) in [4.78, 5) is 13.8. The predicted molar refractivity (Wildman–Crippen MR) is 80.2 cm³/mol. The molecule has 0 aromatic heterocycles. The van der Waals surface area contributed by atoms with E-state index in [-0.39, 0.29) is 0 Å². The second kappa shape index (κ2) is 6.55. The fourth-order valence-electron chi connectivity index (χ4n) is 2.64. The van der Waals surface area contributed by atoms with Crippen LogP contribution in [0.3, 0.4) is 0 Å². The third kappa shape index (κ3) is 3.38. The molecule has 19 heavy (non-hydrogen) atoms. The third-order valence-corrected chi connectivity index (χ3v) is 4.96. The van der Waals surface area contributed by atoms with Gasteiger partial charge < -0.3 is 5.32 Å². The van der Waals surface area contributed by atoms with Crippen molar-refractivity contribution in [2.24, 2.45) is 0 Å². The van der Waals surface area contributed by atoms with Gasteiger partial charge in [-0.15, -0.1) is 11.8 Å². The van der Waals surface area contributed by atoms with Gasteiger partial charge in [-0.05, 0) is 26.0 Å². The Morgan fingerprint density at radius 3 is 2.47 bits per heavy atom. The van der Waals surface area contributed by atoms with Crippen molar-refractivity contribution in [3.8, 4) is 0 Å². The molecule has 0 aliphatic carbocycles. The first kappa shape index (κ1) is 14.6. The molecule has 3 nitrogen and oxygen atoms in total. The summed E-state index contributed by atoms with van der Waals surface area (Å²) in [5, 5.41) is 3.35. The lowest BCUT2D eigenvalue weighted by Crippen LogP contribution is -2.65. The number of hydrogen-bond donors (Lipinski definition) is 1. The Balaban J connectivity index is 2.00. The number of nitrogens with one attached hydrogen (secondary N) is 1. The highest BCUT2D eigenvalue weighted by atomic mass is 32.2. The standard InChI is InChI=1S/C15H23N2OS/c1-13(2)17(10-8-16-9-11-17)15(18)12-19-14-6-4-3-5-7-14/h3-7,13,16H,8-12H2,1-2H3/q+1. The van der Waals surface area contributed by atoms with Gasteiger partial charge in [-0.2, -0.15) is 0 Å². The van der Waals surface area contributed by atoms with E-state index in [1.807, 2.05) is 18.2 Å². The van der Waals surface area contributed by atoms with E-state index in [1.54, 1.807) is 11.8 Å². The lowest BCUT2D eigenvalue weighted by atomic mass is 10.1. The molecule has 0 spiro atoms. The first-order valence-corrected chi connectivity index (χ1v) is 7.92. The van der Waals surface area contributed by atoms with Crippen LogP contribution in [0.25, 0.3) is 0 Å². The van der Waals surface area contributed by atoms with Crippen molar-refractivity contribution >= 4 is 17.7 Å². The van der Waals surface area contributed by atoms with Crippen LogP contribution in [0.1, 0.15) is 13.8 Å². The van der Waals surface area contributed by atoms with Crippen molar-refractivity contribution in [1.82, 2.24) is 5.32 Å². The molecule has 0 atom stereocenters. The number of quaternary nitrogens is 1. The Morgan fingerprint density at radius 2 is 1.89 bits per heavy atom. The highest BCUT2D eigenvalue weighted by molar-refractivity contribution is 8.00. The van der Waals surface area contributed by atoms with E-state index in [0.717, 1.165) is 26.2 Å². The lowest BCUT2D eigenvalue weighted by molar-refractivity contribution is -0.876. The zero-order valence-corrected chi connectivity index (χ0v) is 12.6. The van der Waals surface area contributed by atoms with E-state index in [9.17, 15) is 4.79 Å². The summed E-state index contributed by atoms with van der Waals surface area (Å²) in [5.74, 6) is 0.938. The quantitative estimate of drug-likeness (QED) is 0.676. The Kier molecular flexibility index (Phi) is 5.02. The number of benzene rings is 1. The third-order valence-electron chi connectivity index (χ3n) is 3.97. The van der Waals surface area contributed by atoms with Gasteiger partial charge in [0.25, 0.3) is 0 Å². The molecule has 1 saturated heterocycles. The summed E-state index contributed by atoms with van der Waals surface area (Å²) in [6.07, 6.45) is 0. The molecular formula is C15H23N2OS+. The fourth-order valence-corrected chi connectivity index (χ4v) is 3.53. The van der Waals surface area contributed by atoms with Gasteiger partial charge in [0.1, 0.15) is 5.75 Å². The zero-order valence-electron chi connectivity index (χ0n) is 11.8. The molecule has 1 fully saturated rings. The van der Waals surface area contributed by atoms with Gasteiger partial charge in [-0.25, -0.2) is 4.79 Å². The van der Waals surface area contributed by atoms with Crippen molar-refractivity contribution in [2.45, 2.75) is 24.8 Å². The average Bonchev–Trinajstić information content (AvgIpc) is 2.46. The summed E-state index contributed by atoms with van der Waals surface area (Å²) in [6.45, 7) is 8.06. The maximum absolute atomic E-state index is 12.7. The van der Waals surface area contributed by atoms with Crippen molar-refractivity contribution in [2.75, 3.05) is 31.9 Å². The Hall–Kier alpha value is -0.840. The number of hydrogen-bond acceptors (Lipinski definition) is 3. The van der Waals surface area contributed by atoms with Gasteiger partial charge in [-0.1, -0.05) is 18.2 Å². The summed E-state index contributed by atoms with van der Waals surface area (Å²) >= 11 is 1.65. The molecule has 0 bridgehead atoms. The van der Waals surface area contributed by atoms with Gasteiger partial charge in [0.2, 0.25) is 0 Å². The molecule has 2 rings (SSSR count). The summed E-state index contributed by atoms with van der Waals surface area (Å²) < 4.78 is 0.632. The maximum atomic E-state index is 12.7. The van der Waals surface area contributed by atoms with Crippen molar-refractivity contribution < 1.29 is 9.28 Å². The lowest BCUT2D eigenvalue weighted by Gasteiger charge is -2.42. The van der Waals surface area contributed by atoms with Crippen LogP contribution in [0, 0.1) is 0 Å². The van der Waals surface area contributed by atoms with Gasteiger partial charge in [0.05, 0.1) is 19.1 Å². The van der Waals surface area contributed by atoms with Gasteiger partial charge >= 0.3 is 5.91 Å². The topological polar surface area (TPSA) is 29.1 Å². The predicted octanol–water partition coefficient (Wildman–Crippen LogP) is 2.13. The zero-order chi connectivity index (χ0) is 13.7. The van der Waals surface area contributed by atoms with Crippen LogP contribution in [0.15, 0.2) is 35.2 Å². The first-order chi connectivity index (χ1) is 9.15. The second-order valence-corrected chi connectivity index (χ2v) is 6.37. The number of carbonyl (C=O) groups excluding carboxylic acids is 1. The molecule has 1 heterocycles. The van der Waals surface area contributed by atoms with Crippen LogP contribution in [0.2, 0.25) is 0 Å². The largest absolute Gasteiger partial charge is 0.324 e. The minimum Gasteiger partial charge on any atom is -0.306 e. The normalized spacial score (nSPS) is 18.5. The number of thioether (sulfide) groups is 1. The van der Waals surface area contributed by atoms with Crippen LogP contribution in [0.4, 0.5) is 0 Å². The molecule has 1 aliphatic rings. The molecule has 1 amide bonds. The minimum absolute atomic E-state index is 0.366. The van der Waals surface area contributed by atoms with E-state index < -0.39 is 0 Å². The van der Waals surface area contributed by atoms with Crippen LogP contribution in [0.5, 0.6) is 0 Å². The SMILES string of the molecule is CC(C)[N+]1(C(=O)CSc2ccccc2)CCNCC1. The molecule has 1 aromatic rings. The molecule has 0 unspecified atom stereocenters. The number of amides is 1. The number of rotatable bonds is 4. The van der Waals surface area contributed by atoms with Crippen LogP contribution in [-0.4, -0.2) is 48.4 Å². The average molecular weight is 279 g/mol. The molecule has 0 radical (unpaired) electrons. The van der Waals surface area contributed by atoms with E-state index in [0.29, 0.717) is 22.2 Å². The molecular weight excluding hydrogens is 256 g/mol. The highest BCUT2D eigenvalue weighted by Gasteiger charge is 2.40. The minimum atomic E-state index is 0.366. The maximum Gasteiger partial charge on any atom is 0.324 e. The van der Waals surface area contributed by atoms with E-state index in [4.69, 9.17) is 0 Å². The first-order valence-electron chi connectivity index (χ1n) is 6.94. The molecule has 1 N–H and O–H groups in total. The highest BCUT2D eigenvalue weighted by Crippen LogP contribution is 2.22. The molecule has 0 saturated carbocycles. The summed E-state index contributed by atoms with van der Waals surface area (Å²) in [6, 6.07) is 10.5. The number of carbonyl (C=O) groups is 1. The van der Waals surface area contributed by atoms with Gasteiger partial charge in [0, 0.05) is 18.0 Å². The summed E-state index contributed by atoms with van der Waals surface area (Å²) in [5.41, 5.74) is 0. The Bertz CT molecular complexity index is 413. The van der Waals surface area contributed by atoms with E-state index in [1.165, 1.54) is 4.90 Å². The Labute approximate surface area is 120 Å². The molecule has 4 heteroatoms. The van der Waals surface area contributed by atoms with Gasteiger partial charge in [-0.3, -0.25) is 4.48 Å². The molecule has 104 valence electrons. The number of piperazine rings is 1. The van der Waals surface area contributed by atoms with Crippen LogP contribution >= 0.6 is 11.8 Å². The van der Waals surface area contributed by atoms with E-state index >= 15 is 0 Å². The monoisotopic (exact) mass is 279 g/mol. The van der Waals surface area contributed by atoms with E-state index in [2.05, 4.69) is 31.3 Å². The fraction of sp³-hybridized carbons (Fsp3) is 0.533. The van der Waals surface area contributed by atoms with Crippen molar-refractivity contribution in [1.29, 1.82) is 0 Å². The summed E-state index contributed by atoms with van der Waals surface area (Å²) in [7, 11) is 0. The van der Waals surface area contributed by atoms with Crippen molar-refractivity contribution in [3.05, 3.63) is 30.3 Å².